The molecule has 4 N–H and O–H groups in total. The van der Waals surface area contributed by atoms with E-state index in [2.05, 4.69) is 5.32 Å². The molecule has 0 saturated carbocycles. The van der Waals surface area contributed by atoms with Crippen molar-refractivity contribution in [2.75, 3.05) is 31.3 Å². The first-order valence-corrected chi connectivity index (χ1v) is 5.92. The zero-order chi connectivity index (χ0) is 14.6. The molecule has 1 aromatic rings. The van der Waals surface area contributed by atoms with Crippen molar-refractivity contribution in [3.63, 3.8) is 0 Å². The Balaban J connectivity index is 2.92. The molecule has 1 atom stereocenters. The Labute approximate surface area is 112 Å². The van der Waals surface area contributed by atoms with E-state index < -0.39 is 5.97 Å². The lowest BCUT2D eigenvalue weighted by atomic mass is 10.1. The fourth-order valence-electron chi connectivity index (χ4n) is 1.85. The predicted molar refractivity (Wildman–Crippen MR) is 74.3 cm³/mol. The summed E-state index contributed by atoms with van der Waals surface area (Å²) in [5, 5.41) is 11.5. The van der Waals surface area contributed by atoms with E-state index in [4.69, 9.17) is 10.8 Å². The van der Waals surface area contributed by atoms with Crippen molar-refractivity contribution in [2.24, 2.45) is 5.92 Å². The largest absolute Gasteiger partial charge is 0.478 e. The van der Waals surface area contributed by atoms with Gasteiger partial charge in [-0.1, -0.05) is 6.92 Å². The van der Waals surface area contributed by atoms with Crippen LogP contribution < -0.4 is 16.0 Å². The van der Waals surface area contributed by atoms with Crippen molar-refractivity contribution in [1.29, 1.82) is 0 Å². The average molecular weight is 265 g/mol. The van der Waals surface area contributed by atoms with Crippen LogP contribution in [0.25, 0.3) is 0 Å². The van der Waals surface area contributed by atoms with Gasteiger partial charge >= 0.3 is 5.97 Å². The predicted octanol–water partition coefficient (Wildman–Crippen LogP) is 0.785. The van der Waals surface area contributed by atoms with Crippen molar-refractivity contribution in [3.05, 3.63) is 23.8 Å². The molecule has 0 aliphatic heterocycles. The Kier molecular flexibility index (Phi) is 4.74. The van der Waals surface area contributed by atoms with E-state index in [1.807, 2.05) is 0 Å². The van der Waals surface area contributed by atoms with Crippen molar-refractivity contribution >= 4 is 23.3 Å². The maximum absolute atomic E-state index is 11.5. The van der Waals surface area contributed by atoms with Gasteiger partial charge in [0.2, 0.25) is 5.91 Å². The van der Waals surface area contributed by atoms with Gasteiger partial charge in [0.1, 0.15) is 0 Å². The lowest BCUT2D eigenvalue weighted by Crippen LogP contribution is -2.34. The van der Waals surface area contributed by atoms with Crippen molar-refractivity contribution < 1.29 is 14.7 Å². The van der Waals surface area contributed by atoms with Gasteiger partial charge in [0, 0.05) is 20.6 Å². The molecule has 0 saturated heterocycles. The number of nitrogens with zero attached hydrogens (tertiary/aromatic N) is 1. The standard InChI is InChI=1S/C13H19N3O3/c1-8(12(17)15-2)7-16(3)11-6-9(13(18)19)4-5-10(11)14/h4-6,8H,7,14H2,1-3H3,(H,15,17)(H,18,19). The summed E-state index contributed by atoms with van der Waals surface area (Å²) in [4.78, 5) is 24.2. The Hall–Kier alpha value is -2.24. The zero-order valence-electron chi connectivity index (χ0n) is 11.3. The number of aromatic carboxylic acids is 1. The molecule has 0 fully saturated rings. The van der Waals surface area contributed by atoms with Gasteiger partial charge in [-0.2, -0.15) is 0 Å². The topological polar surface area (TPSA) is 95.7 Å². The molecule has 0 bridgehead atoms. The number of carboxylic acids is 1. The minimum Gasteiger partial charge on any atom is -0.478 e. The van der Waals surface area contributed by atoms with Crippen LogP contribution >= 0.6 is 0 Å². The van der Waals surface area contributed by atoms with E-state index in [0.29, 0.717) is 17.9 Å². The van der Waals surface area contributed by atoms with E-state index in [9.17, 15) is 9.59 Å². The van der Waals surface area contributed by atoms with E-state index in [0.717, 1.165) is 0 Å². The van der Waals surface area contributed by atoms with E-state index in [1.165, 1.54) is 12.1 Å². The second-order valence-electron chi connectivity index (χ2n) is 4.47. The summed E-state index contributed by atoms with van der Waals surface area (Å²) in [6.07, 6.45) is 0. The van der Waals surface area contributed by atoms with Crippen LogP contribution in [0.1, 0.15) is 17.3 Å². The maximum Gasteiger partial charge on any atom is 0.335 e. The van der Waals surface area contributed by atoms with Crippen molar-refractivity contribution in [1.82, 2.24) is 5.32 Å². The number of anilines is 2. The summed E-state index contributed by atoms with van der Waals surface area (Å²) < 4.78 is 0. The SMILES string of the molecule is CNC(=O)C(C)CN(C)c1cc(C(=O)O)ccc1N. The van der Waals surface area contributed by atoms with Gasteiger partial charge in [-0.05, 0) is 18.2 Å². The highest BCUT2D eigenvalue weighted by molar-refractivity contribution is 5.90. The monoisotopic (exact) mass is 265 g/mol. The van der Waals surface area contributed by atoms with Crippen molar-refractivity contribution in [2.45, 2.75) is 6.92 Å². The first-order valence-electron chi connectivity index (χ1n) is 5.92. The second-order valence-corrected chi connectivity index (χ2v) is 4.47. The summed E-state index contributed by atoms with van der Waals surface area (Å²) in [5.41, 5.74) is 7.10. The number of hydrogen-bond donors (Lipinski definition) is 3. The number of hydrogen-bond acceptors (Lipinski definition) is 4. The zero-order valence-corrected chi connectivity index (χ0v) is 11.3. The minimum atomic E-state index is -1.01. The molecule has 1 aromatic carbocycles. The number of carbonyl (C=O) groups excluding carboxylic acids is 1. The first-order chi connectivity index (χ1) is 8.86. The Morgan fingerprint density at radius 1 is 1.47 bits per heavy atom. The van der Waals surface area contributed by atoms with Gasteiger partial charge in [-0.25, -0.2) is 4.79 Å². The summed E-state index contributed by atoms with van der Waals surface area (Å²) in [6.45, 7) is 2.25. The van der Waals surface area contributed by atoms with Crippen LogP contribution in [0.5, 0.6) is 0 Å². The Morgan fingerprint density at radius 2 is 2.11 bits per heavy atom. The van der Waals surface area contributed by atoms with Crippen LogP contribution in [-0.4, -0.2) is 37.6 Å². The van der Waals surface area contributed by atoms with Crippen LogP contribution in [0.2, 0.25) is 0 Å². The number of benzene rings is 1. The highest BCUT2D eigenvalue weighted by atomic mass is 16.4. The summed E-state index contributed by atoms with van der Waals surface area (Å²) in [6, 6.07) is 4.52. The molecular formula is C13H19N3O3. The molecule has 0 spiro atoms. The number of amides is 1. The molecule has 104 valence electrons. The van der Waals surface area contributed by atoms with Gasteiger partial charge in [0.25, 0.3) is 0 Å². The van der Waals surface area contributed by atoms with E-state index in [-0.39, 0.29) is 17.4 Å². The van der Waals surface area contributed by atoms with Crippen LogP contribution in [0.4, 0.5) is 11.4 Å². The normalized spacial score (nSPS) is 11.7. The average Bonchev–Trinajstić information content (AvgIpc) is 2.37. The van der Waals surface area contributed by atoms with Gasteiger partial charge in [-0.3, -0.25) is 4.79 Å². The van der Waals surface area contributed by atoms with Gasteiger partial charge < -0.3 is 21.1 Å². The van der Waals surface area contributed by atoms with Crippen LogP contribution in [0, 0.1) is 5.92 Å². The summed E-state index contributed by atoms with van der Waals surface area (Å²) in [5.74, 6) is -1.29. The molecule has 6 nitrogen and oxygen atoms in total. The van der Waals surface area contributed by atoms with Crippen LogP contribution in [0.3, 0.4) is 0 Å². The fraction of sp³-hybridized carbons (Fsp3) is 0.385. The molecular weight excluding hydrogens is 246 g/mol. The number of carbonyl (C=O) groups is 2. The quantitative estimate of drug-likeness (QED) is 0.684. The molecule has 1 amide bonds. The molecule has 0 heterocycles. The Morgan fingerprint density at radius 3 is 2.63 bits per heavy atom. The lowest BCUT2D eigenvalue weighted by Gasteiger charge is -2.24. The fourth-order valence-corrected chi connectivity index (χ4v) is 1.85. The highest BCUT2D eigenvalue weighted by Gasteiger charge is 2.16. The third kappa shape index (κ3) is 3.61. The lowest BCUT2D eigenvalue weighted by molar-refractivity contribution is -0.123. The third-order valence-electron chi connectivity index (χ3n) is 2.93. The number of nitrogens with one attached hydrogen (secondary N) is 1. The molecule has 0 radical (unpaired) electrons. The third-order valence-corrected chi connectivity index (χ3v) is 2.93. The molecule has 6 heteroatoms. The van der Waals surface area contributed by atoms with Crippen LogP contribution in [0.15, 0.2) is 18.2 Å². The number of nitrogens with two attached hydrogens (primary N) is 1. The molecule has 19 heavy (non-hydrogen) atoms. The second kappa shape index (κ2) is 6.08. The van der Waals surface area contributed by atoms with Gasteiger partial charge in [0.05, 0.1) is 22.9 Å². The maximum atomic E-state index is 11.5. The molecule has 1 rings (SSSR count). The Bertz CT molecular complexity index is 488. The van der Waals surface area contributed by atoms with E-state index >= 15 is 0 Å². The molecule has 1 unspecified atom stereocenters. The molecule has 0 aliphatic rings. The number of rotatable bonds is 5. The smallest absolute Gasteiger partial charge is 0.335 e. The molecule has 0 aliphatic carbocycles. The van der Waals surface area contributed by atoms with Crippen molar-refractivity contribution in [3.8, 4) is 0 Å². The van der Waals surface area contributed by atoms with Gasteiger partial charge in [-0.15, -0.1) is 0 Å². The summed E-state index contributed by atoms with van der Waals surface area (Å²) >= 11 is 0. The van der Waals surface area contributed by atoms with E-state index in [1.54, 1.807) is 32.0 Å². The highest BCUT2D eigenvalue weighted by Crippen LogP contribution is 2.24. The van der Waals surface area contributed by atoms with Gasteiger partial charge in [0.15, 0.2) is 0 Å². The molecule has 0 aromatic heterocycles. The first kappa shape index (κ1) is 14.8. The van der Waals surface area contributed by atoms with Crippen LogP contribution in [-0.2, 0) is 4.79 Å². The minimum absolute atomic E-state index is 0.0696. The summed E-state index contributed by atoms with van der Waals surface area (Å²) in [7, 11) is 3.36. The number of carboxylic acid groups (broad SMARTS) is 1. The number of nitrogen functional groups attached to an aromatic ring is 1.